The molecule has 0 aromatic heterocycles. The lowest BCUT2D eigenvalue weighted by molar-refractivity contribution is -0.385. The average molecular weight is 277 g/mol. The molecule has 0 atom stereocenters. The number of aryl methyl sites for hydroxylation is 1. The third kappa shape index (κ3) is 2.76. The highest BCUT2D eigenvalue weighted by atomic mass is 16.6. The van der Waals surface area contributed by atoms with Crippen molar-refractivity contribution in [2.45, 2.75) is 13.3 Å². The molecule has 1 aromatic rings. The number of nitro groups is 1. The molecule has 0 unspecified atom stereocenters. The maximum atomic E-state index is 12.5. The lowest BCUT2D eigenvalue weighted by atomic mass is 10.1. The van der Waals surface area contributed by atoms with Gasteiger partial charge in [-0.15, -0.1) is 0 Å². The zero-order valence-corrected chi connectivity index (χ0v) is 11.1. The highest BCUT2D eigenvalue weighted by Gasteiger charge is 2.28. The second-order valence-electron chi connectivity index (χ2n) is 4.66. The van der Waals surface area contributed by atoms with Crippen molar-refractivity contribution >= 4 is 17.5 Å². The van der Waals surface area contributed by atoms with Gasteiger partial charge in [-0.2, -0.15) is 0 Å². The summed E-state index contributed by atoms with van der Waals surface area (Å²) in [5.41, 5.74) is 0.376. The van der Waals surface area contributed by atoms with Crippen LogP contribution in [0, 0.1) is 17.0 Å². The standard InChI is InChI=1S/C13H15N3O4/c1-9-4-2-5-10(16(19)20)12(9)13(18)15-7-3-6-14-11(17)8-15/h2,4-5H,3,6-8H2,1H3,(H,14,17). The smallest absolute Gasteiger partial charge is 0.282 e. The summed E-state index contributed by atoms with van der Waals surface area (Å²) in [7, 11) is 0. The number of amides is 2. The summed E-state index contributed by atoms with van der Waals surface area (Å²) in [6.45, 7) is 2.50. The van der Waals surface area contributed by atoms with E-state index in [0.29, 0.717) is 25.1 Å². The number of nitro benzene ring substituents is 1. The predicted molar refractivity (Wildman–Crippen MR) is 71.4 cm³/mol. The topological polar surface area (TPSA) is 92.6 Å². The van der Waals surface area contributed by atoms with Crippen LogP contribution >= 0.6 is 0 Å². The second-order valence-corrected chi connectivity index (χ2v) is 4.66. The molecule has 0 aliphatic carbocycles. The van der Waals surface area contributed by atoms with Crippen LogP contribution in [0.1, 0.15) is 22.3 Å². The molecule has 1 fully saturated rings. The van der Waals surface area contributed by atoms with Crippen molar-refractivity contribution in [2.24, 2.45) is 0 Å². The quantitative estimate of drug-likeness (QED) is 0.641. The van der Waals surface area contributed by atoms with Crippen LogP contribution in [0.15, 0.2) is 18.2 Å². The molecule has 2 rings (SSSR count). The van der Waals surface area contributed by atoms with Gasteiger partial charge in [0.1, 0.15) is 5.56 Å². The Morgan fingerprint density at radius 3 is 2.90 bits per heavy atom. The first-order valence-corrected chi connectivity index (χ1v) is 6.30. The zero-order valence-electron chi connectivity index (χ0n) is 11.1. The number of benzene rings is 1. The Bertz CT molecular complexity index is 571. The minimum Gasteiger partial charge on any atom is -0.354 e. The summed E-state index contributed by atoms with van der Waals surface area (Å²) < 4.78 is 0. The number of hydrogen-bond acceptors (Lipinski definition) is 4. The van der Waals surface area contributed by atoms with E-state index in [1.54, 1.807) is 19.1 Å². The van der Waals surface area contributed by atoms with Gasteiger partial charge >= 0.3 is 0 Å². The number of hydrogen-bond donors (Lipinski definition) is 1. The fraction of sp³-hybridized carbons (Fsp3) is 0.385. The zero-order chi connectivity index (χ0) is 14.7. The second kappa shape index (κ2) is 5.68. The molecule has 1 N–H and O–H groups in total. The summed E-state index contributed by atoms with van der Waals surface area (Å²) in [6.07, 6.45) is 0.636. The van der Waals surface area contributed by atoms with Gasteiger partial charge in [0.25, 0.3) is 11.6 Å². The first-order valence-electron chi connectivity index (χ1n) is 6.30. The van der Waals surface area contributed by atoms with Crippen molar-refractivity contribution < 1.29 is 14.5 Å². The largest absolute Gasteiger partial charge is 0.354 e. The molecular formula is C13H15N3O4. The molecule has 1 aliphatic rings. The van der Waals surface area contributed by atoms with Crippen LogP contribution in [0.2, 0.25) is 0 Å². The molecule has 0 spiro atoms. The van der Waals surface area contributed by atoms with Crippen LogP contribution in [-0.4, -0.2) is 41.3 Å². The van der Waals surface area contributed by atoms with Gasteiger partial charge in [-0.3, -0.25) is 19.7 Å². The molecule has 1 saturated heterocycles. The molecular weight excluding hydrogens is 262 g/mol. The van der Waals surface area contributed by atoms with Crippen LogP contribution < -0.4 is 5.32 Å². The minimum atomic E-state index is -0.571. The summed E-state index contributed by atoms with van der Waals surface area (Å²) in [5, 5.41) is 13.7. The van der Waals surface area contributed by atoms with Crippen molar-refractivity contribution in [2.75, 3.05) is 19.6 Å². The molecule has 1 heterocycles. The van der Waals surface area contributed by atoms with Crippen molar-refractivity contribution in [3.8, 4) is 0 Å². The number of carbonyl (C=O) groups is 2. The Labute approximate surface area is 115 Å². The van der Waals surface area contributed by atoms with E-state index in [4.69, 9.17) is 0 Å². The lowest BCUT2D eigenvalue weighted by Gasteiger charge is -2.19. The van der Waals surface area contributed by atoms with Gasteiger partial charge in [0.15, 0.2) is 0 Å². The van der Waals surface area contributed by atoms with Gasteiger partial charge < -0.3 is 10.2 Å². The number of nitrogens with zero attached hydrogens (tertiary/aromatic N) is 2. The highest BCUT2D eigenvalue weighted by molar-refractivity contribution is 6.01. The fourth-order valence-electron chi connectivity index (χ4n) is 2.22. The SMILES string of the molecule is Cc1cccc([N+](=O)[O-])c1C(=O)N1CCCNC(=O)C1. The van der Waals surface area contributed by atoms with Gasteiger partial charge in [0.05, 0.1) is 11.5 Å². The van der Waals surface area contributed by atoms with Crippen LogP contribution in [0.25, 0.3) is 0 Å². The lowest BCUT2D eigenvalue weighted by Crippen LogP contribution is -2.37. The summed E-state index contributed by atoms with van der Waals surface area (Å²) >= 11 is 0. The molecule has 106 valence electrons. The van der Waals surface area contributed by atoms with Crippen LogP contribution in [0.5, 0.6) is 0 Å². The Hall–Kier alpha value is -2.44. The van der Waals surface area contributed by atoms with Gasteiger partial charge in [-0.1, -0.05) is 12.1 Å². The van der Waals surface area contributed by atoms with Gasteiger partial charge in [-0.25, -0.2) is 0 Å². The number of rotatable bonds is 2. The molecule has 1 aliphatic heterocycles. The minimum absolute atomic E-state index is 0.0622. The Morgan fingerprint density at radius 2 is 2.20 bits per heavy atom. The van der Waals surface area contributed by atoms with Crippen LogP contribution in [0.4, 0.5) is 5.69 Å². The maximum absolute atomic E-state index is 12.5. The number of nitrogens with one attached hydrogen (secondary N) is 1. The molecule has 0 bridgehead atoms. The van der Waals surface area contributed by atoms with E-state index in [1.807, 2.05) is 0 Å². The van der Waals surface area contributed by atoms with Crippen molar-refractivity contribution in [1.29, 1.82) is 0 Å². The third-order valence-corrected chi connectivity index (χ3v) is 3.21. The Kier molecular flexibility index (Phi) is 3.97. The average Bonchev–Trinajstić information content (AvgIpc) is 2.62. The molecule has 0 saturated carbocycles. The predicted octanol–water partition coefficient (Wildman–Crippen LogP) is 0.865. The van der Waals surface area contributed by atoms with E-state index < -0.39 is 10.8 Å². The molecule has 7 heteroatoms. The first kappa shape index (κ1) is 14.0. The third-order valence-electron chi connectivity index (χ3n) is 3.21. The summed E-state index contributed by atoms with van der Waals surface area (Å²) in [5.74, 6) is -0.709. The van der Waals surface area contributed by atoms with Crippen molar-refractivity contribution in [1.82, 2.24) is 10.2 Å². The summed E-state index contributed by atoms with van der Waals surface area (Å²) in [6, 6.07) is 4.50. The molecule has 2 amide bonds. The first-order chi connectivity index (χ1) is 9.50. The van der Waals surface area contributed by atoms with Crippen LogP contribution in [0.3, 0.4) is 0 Å². The van der Waals surface area contributed by atoms with Crippen molar-refractivity contribution in [3.63, 3.8) is 0 Å². The fourth-order valence-corrected chi connectivity index (χ4v) is 2.22. The Balaban J connectivity index is 2.37. The maximum Gasteiger partial charge on any atom is 0.282 e. The molecule has 0 radical (unpaired) electrons. The normalized spacial score (nSPS) is 15.4. The molecule has 20 heavy (non-hydrogen) atoms. The Morgan fingerprint density at radius 1 is 1.45 bits per heavy atom. The van der Waals surface area contributed by atoms with Gasteiger partial charge in [0.2, 0.25) is 5.91 Å². The van der Waals surface area contributed by atoms with Crippen LogP contribution in [-0.2, 0) is 4.79 Å². The van der Waals surface area contributed by atoms with E-state index in [9.17, 15) is 19.7 Å². The van der Waals surface area contributed by atoms with Crippen molar-refractivity contribution in [3.05, 3.63) is 39.4 Å². The van der Waals surface area contributed by atoms with E-state index >= 15 is 0 Å². The molecule has 1 aromatic carbocycles. The summed E-state index contributed by atoms with van der Waals surface area (Å²) in [4.78, 5) is 35.8. The van der Waals surface area contributed by atoms with E-state index in [1.165, 1.54) is 11.0 Å². The monoisotopic (exact) mass is 277 g/mol. The van der Waals surface area contributed by atoms with E-state index in [2.05, 4.69) is 5.32 Å². The van der Waals surface area contributed by atoms with E-state index in [0.717, 1.165) is 0 Å². The molecule has 7 nitrogen and oxygen atoms in total. The van der Waals surface area contributed by atoms with Gasteiger partial charge in [0, 0.05) is 19.2 Å². The number of carbonyl (C=O) groups excluding carboxylic acids is 2. The van der Waals surface area contributed by atoms with E-state index in [-0.39, 0.29) is 23.7 Å². The highest BCUT2D eigenvalue weighted by Crippen LogP contribution is 2.23. The van der Waals surface area contributed by atoms with Gasteiger partial charge in [-0.05, 0) is 18.9 Å².